The molecule has 0 bridgehead atoms. The summed E-state index contributed by atoms with van der Waals surface area (Å²) in [7, 11) is 0. The molecule has 0 aliphatic carbocycles. The molecule has 1 aromatic carbocycles. The molecular weight excluding hydrogens is 260 g/mol. The van der Waals surface area contributed by atoms with E-state index in [0.29, 0.717) is 12.0 Å². The third kappa shape index (κ3) is 4.26. The van der Waals surface area contributed by atoms with Crippen LogP contribution < -0.4 is 5.32 Å². The number of aryl methyl sites for hydroxylation is 1. The maximum Gasteiger partial charge on any atom is 0.222 e. The van der Waals surface area contributed by atoms with Gasteiger partial charge >= 0.3 is 0 Å². The Labute approximate surface area is 127 Å². The van der Waals surface area contributed by atoms with Gasteiger partial charge in [0, 0.05) is 18.9 Å². The second-order valence-electron chi connectivity index (χ2n) is 5.11. The fraction of sp³-hybridized carbons (Fsp3) is 0.412. The molecule has 1 heterocycles. The number of anilines is 1. The van der Waals surface area contributed by atoms with E-state index in [9.17, 15) is 0 Å². The van der Waals surface area contributed by atoms with Gasteiger partial charge in [0.25, 0.3) is 0 Å². The van der Waals surface area contributed by atoms with Crippen molar-refractivity contribution in [3.63, 3.8) is 0 Å². The van der Waals surface area contributed by atoms with Crippen LogP contribution in [0.5, 0.6) is 0 Å². The predicted octanol–water partition coefficient (Wildman–Crippen LogP) is 3.28. The monoisotopic (exact) mass is 284 g/mol. The Morgan fingerprint density at radius 1 is 1.05 bits per heavy atom. The molecule has 4 heteroatoms. The molecular formula is C17H24N4. The van der Waals surface area contributed by atoms with Crippen molar-refractivity contribution in [3.05, 3.63) is 53.9 Å². The number of hydrogen-bond donors (Lipinski definition) is 1. The van der Waals surface area contributed by atoms with Crippen LogP contribution in [-0.4, -0.2) is 34.5 Å². The minimum absolute atomic E-state index is 0.325. The molecule has 0 radical (unpaired) electrons. The summed E-state index contributed by atoms with van der Waals surface area (Å²) in [4.78, 5) is 11.1. The third-order valence-corrected chi connectivity index (χ3v) is 3.67. The summed E-state index contributed by atoms with van der Waals surface area (Å²) in [6.07, 6.45) is 3.68. The van der Waals surface area contributed by atoms with E-state index in [2.05, 4.69) is 64.4 Å². The van der Waals surface area contributed by atoms with E-state index in [1.807, 2.05) is 19.3 Å². The van der Waals surface area contributed by atoms with Crippen LogP contribution in [0.25, 0.3) is 0 Å². The molecule has 1 atom stereocenters. The van der Waals surface area contributed by atoms with Gasteiger partial charge < -0.3 is 5.32 Å². The van der Waals surface area contributed by atoms with Crippen LogP contribution >= 0.6 is 0 Å². The highest BCUT2D eigenvalue weighted by atomic mass is 15.2. The van der Waals surface area contributed by atoms with Gasteiger partial charge in [-0.1, -0.05) is 44.2 Å². The highest BCUT2D eigenvalue weighted by Crippen LogP contribution is 2.20. The summed E-state index contributed by atoms with van der Waals surface area (Å²) < 4.78 is 0. The van der Waals surface area contributed by atoms with E-state index in [-0.39, 0.29) is 0 Å². The Kier molecular flexibility index (Phi) is 5.69. The topological polar surface area (TPSA) is 41.0 Å². The summed E-state index contributed by atoms with van der Waals surface area (Å²) in [5, 5.41) is 3.36. The van der Waals surface area contributed by atoms with E-state index in [1.54, 1.807) is 0 Å². The average Bonchev–Trinajstić information content (AvgIpc) is 2.54. The number of aromatic nitrogens is 2. The van der Waals surface area contributed by atoms with Crippen molar-refractivity contribution in [2.75, 3.05) is 25.0 Å². The molecule has 4 nitrogen and oxygen atoms in total. The molecule has 0 aliphatic rings. The van der Waals surface area contributed by atoms with Crippen LogP contribution in [0.4, 0.5) is 5.95 Å². The van der Waals surface area contributed by atoms with Crippen LogP contribution in [0.3, 0.4) is 0 Å². The van der Waals surface area contributed by atoms with Gasteiger partial charge in [-0.2, -0.15) is 0 Å². The van der Waals surface area contributed by atoms with Gasteiger partial charge in [-0.3, -0.25) is 4.90 Å². The molecule has 0 saturated carbocycles. The number of nitrogens with zero attached hydrogens (tertiary/aromatic N) is 3. The molecule has 1 unspecified atom stereocenters. The number of nitrogens with one attached hydrogen (secondary N) is 1. The lowest BCUT2D eigenvalue weighted by Gasteiger charge is -2.30. The summed E-state index contributed by atoms with van der Waals surface area (Å²) in [6.45, 7) is 9.23. The Morgan fingerprint density at radius 3 is 2.24 bits per heavy atom. The molecule has 0 aliphatic heterocycles. The highest BCUT2D eigenvalue weighted by Gasteiger charge is 2.17. The highest BCUT2D eigenvalue weighted by molar-refractivity contribution is 5.27. The summed E-state index contributed by atoms with van der Waals surface area (Å²) >= 11 is 0. The van der Waals surface area contributed by atoms with Gasteiger partial charge in [0.1, 0.15) is 0 Å². The number of benzene rings is 1. The molecule has 0 fully saturated rings. The van der Waals surface area contributed by atoms with Crippen LogP contribution in [-0.2, 0) is 0 Å². The van der Waals surface area contributed by atoms with Crippen molar-refractivity contribution in [3.8, 4) is 0 Å². The van der Waals surface area contributed by atoms with Crippen molar-refractivity contribution >= 4 is 5.95 Å². The Morgan fingerprint density at radius 2 is 1.67 bits per heavy atom. The first-order chi connectivity index (χ1) is 10.2. The standard InChI is InChI=1S/C17H24N4/c1-4-21(5-2)16(15-9-7-6-8-10-15)13-20-17-18-11-14(3)12-19-17/h6-12,16H,4-5,13H2,1-3H3,(H,18,19,20). The molecule has 21 heavy (non-hydrogen) atoms. The Hall–Kier alpha value is -1.94. The second kappa shape index (κ2) is 7.74. The first kappa shape index (κ1) is 15.4. The fourth-order valence-corrected chi connectivity index (χ4v) is 2.47. The Balaban J connectivity index is 2.10. The van der Waals surface area contributed by atoms with Crippen molar-refractivity contribution in [1.29, 1.82) is 0 Å². The number of rotatable bonds is 7. The second-order valence-corrected chi connectivity index (χ2v) is 5.11. The van der Waals surface area contributed by atoms with E-state index in [0.717, 1.165) is 25.2 Å². The fourth-order valence-electron chi connectivity index (χ4n) is 2.47. The van der Waals surface area contributed by atoms with Gasteiger partial charge in [-0.05, 0) is 31.1 Å². The van der Waals surface area contributed by atoms with Gasteiger partial charge in [0.2, 0.25) is 5.95 Å². The lowest BCUT2D eigenvalue weighted by atomic mass is 10.1. The molecule has 0 amide bonds. The largest absolute Gasteiger partial charge is 0.352 e. The minimum atomic E-state index is 0.325. The lowest BCUT2D eigenvalue weighted by molar-refractivity contribution is 0.228. The molecule has 0 saturated heterocycles. The zero-order valence-electron chi connectivity index (χ0n) is 13.1. The Bertz CT molecular complexity index is 520. The lowest BCUT2D eigenvalue weighted by Crippen LogP contribution is -2.33. The maximum absolute atomic E-state index is 4.31. The smallest absolute Gasteiger partial charge is 0.222 e. The van der Waals surface area contributed by atoms with E-state index in [4.69, 9.17) is 0 Å². The molecule has 0 spiro atoms. The summed E-state index contributed by atoms with van der Waals surface area (Å²) in [6, 6.07) is 10.9. The average molecular weight is 284 g/mol. The van der Waals surface area contributed by atoms with E-state index < -0.39 is 0 Å². The molecule has 112 valence electrons. The van der Waals surface area contributed by atoms with E-state index in [1.165, 1.54) is 5.56 Å². The SMILES string of the molecule is CCN(CC)C(CNc1ncc(C)cn1)c1ccccc1. The zero-order valence-corrected chi connectivity index (χ0v) is 13.1. The molecule has 2 aromatic rings. The van der Waals surface area contributed by atoms with Crippen LogP contribution in [0.2, 0.25) is 0 Å². The number of likely N-dealkylation sites (N-methyl/N-ethyl adjacent to an activating group) is 1. The van der Waals surface area contributed by atoms with Crippen LogP contribution in [0.1, 0.15) is 31.0 Å². The van der Waals surface area contributed by atoms with E-state index >= 15 is 0 Å². The molecule has 2 rings (SSSR count). The zero-order chi connectivity index (χ0) is 15.1. The first-order valence-electron chi connectivity index (χ1n) is 7.56. The molecule has 1 aromatic heterocycles. The van der Waals surface area contributed by atoms with Crippen molar-refractivity contribution in [1.82, 2.24) is 14.9 Å². The normalized spacial score (nSPS) is 12.4. The van der Waals surface area contributed by atoms with Gasteiger partial charge in [-0.25, -0.2) is 9.97 Å². The number of hydrogen-bond acceptors (Lipinski definition) is 4. The van der Waals surface area contributed by atoms with Gasteiger partial charge in [-0.15, -0.1) is 0 Å². The van der Waals surface area contributed by atoms with Gasteiger partial charge in [0.15, 0.2) is 0 Å². The predicted molar refractivity (Wildman–Crippen MR) is 87.4 cm³/mol. The minimum Gasteiger partial charge on any atom is -0.352 e. The van der Waals surface area contributed by atoms with Crippen molar-refractivity contribution in [2.24, 2.45) is 0 Å². The third-order valence-electron chi connectivity index (χ3n) is 3.67. The van der Waals surface area contributed by atoms with Crippen LogP contribution in [0, 0.1) is 6.92 Å². The van der Waals surface area contributed by atoms with Crippen molar-refractivity contribution in [2.45, 2.75) is 26.8 Å². The molecule has 1 N–H and O–H groups in total. The maximum atomic E-state index is 4.31. The summed E-state index contributed by atoms with van der Waals surface area (Å²) in [5.74, 6) is 0.689. The quantitative estimate of drug-likeness (QED) is 0.847. The van der Waals surface area contributed by atoms with Crippen molar-refractivity contribution < 1.29 is 0 Å². The summed E-state index contributed by atoms with van der Waals surface area (Å²) in [5.41, 5.74) is 2.39. The van der Waals surface area contributed by atoms with Crippen LogP contribution in [0.15, 0.2) is 42.7 Å². The first-order valence-corrected chi connectivity index (χ1v) is 7.56. The van der Waals surface area contributed by atoms with Gasteiger partial charge in [0.05, 0.1) is 6.04 Å².